The van der Waals surface area contributed by atoms with Gasteiger partial charge in [0.2, 0.25) is 0 Å². The van der Waals surface area contributed by atoms with Crippen LogP contribution in [0.15, 0.2) is 0 Å². The third kappa shape index (κ3) is 4.12. The first kappa shape index (κ1) is 13.5. The molecule has 0 amide bonds. The maximum absolute atomic E-state index is 11.1. The highest BCUT2D eigenvalue weighted by molar-refractivity contribution is 5.69. The van der Waals surface area contributed by atoms with Crippen LogP contribution in [0.1, 0.15) is 46.0 Å². The molecule has 0 radical (unpaired) electrons. The zero-order chi connectivity index (χ0) is 12.2. The summed E-state index contributed by atoms with van der Waals surface area (Å²) in [4.78, 5) is 13.4. The van der Waals surface area contributed by atoms with Gasteiger partial charge in [0.15, 0.2) is 0 Å². The summed E-state index contributed by atoms with van der Waals surface area (Å²) in [5, 5.41) is 0. The number of nitrogens with zero attached hydrogens (tertiary/aromatic N) is 1. The van der Waals surface area contributed by atoms with E-state index in [0.29, 0.717) is 17.9 Å². The standard InChI is InChI=1S/C13H25NO2/c1-13(2)8-5-11(6-9-13)14(3)10-7-12(15)16-4/h11H,5-10H2,1-4H3. The first-order valence-corrected chi connectivity index (χ1v) is 6.22. The van der Waals surface area contributed by atoms with Gasteiger partial charge in [-0.15, -0.1) is 0 Å². The van der Waals surface area contributed by atoms with Crippen LogP contribution in [0.3, 0.4) is 0 Å². The maximum Gasteiger partial charge on any atom is 0.306 e. The quantitative estimate of drug-likeness (QED) is 0.691. The molecule has 0 heterocycles. The summed E-state index contributed by atoms with van der Waals surface area (Å²) in [6.07, 6.45) is 5.60. The lowest BCUT2D eigenvalue weighted by atomic mass is 9.75. The first-order valence-electron chi connectivity index (χ1n) is 6.22. The average Bonchev–Trinajstić information content (AvgIpc) is 2.25. The lowest BCUT2D eigenvalue weighted by Crippen LogP contribution is -2.38. The molecule has 3 heteroatoms. The third-order valence-electron chi connectivity index (χ3n) is 3.83. The summed E-state index contributed by atoms with van der Waals surface area (Å²) in [7, 11) is 3.57. The topological polar surface area (TPSA) is 29.5 Å². The van der Waals surface area contributed by atoms with Crippen LogP contribution in [0, 0.1) is 5.41 Å². The van der Waals surface area contributed by atoms with Gasteiger partial charge in [-0.3, -0.25) is 4.79 Å². The summed E-state index contributed by atoms with van der Waals surface area (Å²) >= 11 is 0. The molecule has 0 bridgehead atoms. The zero-order valence-corrected chi connectivity index (χ0v) is 11.1. The molecule has 0 atom stereocenters. The van der Waals surface area contributed by atoms with E-state index < -0.39 is 0 Å². The predicted molar refractivity (Wildman–Crippen MR) is 65.3 cm³/mol. The Morgan fingerprint density at radius 1 is 1.38 bits per heavy atom. The Morgan fingerprint density at radius 3 is 2.44 bits per heavy atom. The van der Waals surface area contributed by atoms with Crippen LogP contribution < -0.4 is 0 Å². The number of esters is 1. The molecule has 0 aromatic carbocycles. The molecule has 0 spiro atoms. The Labute approximate surface area is 99.1 Å². The molecule has 0 unspecified atom stereocenters. The van der Waals surface area contributed by atoms with E-state index in [2.05, 4.69) is 30.5 Å². The fraction of sp³-hybridized carbons (Fsp3) is 0.923. The van der Waals surface area contributed by atoms with Crippen molar-refractivity contribution in [2.45, 2.75) is 52.0 Å². The molecule has 1 aliphatic rings. The molecule has 1 rings (SSSR count). The molecule has 0 aromatic heterocycles. The molecular weight excluding hydrogens is 202 g/mol. The number of rotatable bonds is 4. The molecule has 94 valence electrons. The Balaban J connectivity index is 2.28. The summed E-state index contributed by atoms with van der Waals surface area (Å²) < 4.78 is 4.66. The monoisotopic (exact) mass is 227 g/mol. The minimum absolute atomic E-state index is 0.108. The van der Waals surface area contributed by atoms with Crippen molar-refractivity contribution in [1.82, 2.24) is 4.90 Å². The fourth-order valence-corrected chi connectivity index (χ4v) is 2.38. The predicted octanol–water partition coefficient (Wildman–Crippen LogP) is 2.45. The number of methoxy groups -OCH3 is 1. The van der Waals surface area contributed by atoms with E-state index in [4.69, 9.17) is 0 Å². The molecule has 1 saturated carbocycles. The number of ether oxygens (including phenoxy) is 1. The minimum Gasteiger partial charge on any atom is -0.469 e. The number of hydrogen-bond donors (Lipinski definition) is 0. The van der Waals surface area contributed by atoms with Crippen LogP contribution in [0.5, 0.6) is 0 Å². The van der Waals surface area contributed by atoms with E-state index in [0.717, 1.165) is 6.54 Å². The van der Waals surface area contributed by atoms with Crippen molar-refractivity contribution < 1.29 is 9.53 Å². The number of carbonyl (C=O) groups excluding carboxylic acids is 1. The molecule has 0 saturated heterocycles. The second kappa shape index (κ2) is 5.67. The lowest BCUT2D eigenvalue weighted by molar-refractivity contribution is -0.141. The van der Waals surface area contributed by atoms with E-state index in [1.807, 2.05) is 0 Å². The zero-order valence-electron chi connectivity index (χ0n) is 11.1. The summed E-state index contributed by atoms with van der Waals surface area (Å²) in [6.45, 7) is 5.51. The van der Waals surface area contributed by atoms with E-state index in [1.165, 1.54) is 32.8 Å². The highest BCUT2D eigenvalue weighted by Crippen LogP contribution is 2.36. The Morgan fingerprint density at radius 2 is 1.94 bits per heavy atom. The van der Waals surface area contributed by atoms with Gasteiger partial charge in [0.05, 0.1) is 13.5 Å². The lowest BCUT2D eigenvalue weighted by Gasteiger charge is -2.38. The molecule has 1 aliphatic carbocycles. The molecule has 3 nitrogen and oxygen atoms in total. The highest BCUT2D eigenvalue weighted by Gasteiger charge is 2.28. The van der Waals surface area contributed by atoms with Crippen LogP contribution >= 0.6 is 0 Å². The van der Waals surface area contributed by atoms with E-state index in [-0.39, 0.29) is 5.97 Å². The highest BCUT2D eigenvalue weighted by atomic mass is 16.5. The van der Waals surface area contributed by atoms with Crippen LogP contribution in [0.25, 0.3) is 0 Å². The normalized spacial score (nSPS) is 21.1. The molecule has 0 aromatic rings. The smallest absolute Gasteiger partial charge is 0.306 e. The molecular formula is C13H25NO2. The van der Waals surface area contributed by atoms with E-state index in [9.17, 15) is 4.79 Å². The van der Waals surface area contributed by atoms with Gasteiger partial charge in [-0.2, -0.15) is 0 Å². The molecule has 1 fully saturated rings. The van der Waals surface area contributed by atoms with Gasteiger partial charge in [-0.1, -0.05) is 13.8 Å². The van der Waals surface area contributed by atoms with Gasteiger partial charge in [0.1, 0.15) is 0 Å². The van der Waals surface area contributed by atoms with Gasteiger partial charge in [0.25, 0.3) is 0 Å². The van der Waals surface area contributed by atoms with Crippen molar-refractivity contribution in [3.05, 3.63) is 0 Å². The van der Waals surface area contributed by atoms with Crippen LogP contribution in [-0.2, 0) is 9.53 Å². The van der Waals surface area contributed by atoms with E-state index >= 15 is 0 Å². The largest absolute Gasteiger partial charge is 0.469 e. The van der Waals surface area contributed by atoms with Crippen LogP contribution in [0.2, 0.25) is 0 Å². The Kier molecular flexibility index (Phi) is 4.78. The van der Waals surface area contributed by atoms with Gasteiger partial charge in [-0.05, 0) is 38.1 Å². The second-order valence-corrected chi connectivity index (χ2v) is 5.70. The van der Waals surface area contributed by atoms with Gasteiger partial charge in [0, 0.05) is 12.6 Å². The number of hydrogen-bond acceptors (Lipinski definition) is 3. The van der Waals surface area contributed by atoms with Crippen molar-refractivity contribution >= 4 is 5.97 Å². The Bertz CT molecular complexity index is 228. The minimum atomic E-state index is -0.108. The molecule has 0 N–H and O–H groups in total. The number of carbonyl (C=O) groups is 1. The second-order valence-electron chi connectivity index (χ2n) is 5.70. The van der Waals surface area contributed by atoms with Gasteiger partial charge in [-0.25, -0.2) is 0 Å². The van der Waals surface area contributed by atoms with Gasteiger partial charge < -0.3 is 9.64 Å². The van der Waals surface area contributed by atoms with Crippen LogP contribution in [0.4, 0.5) is 0 Å². The maximum atomic E-state index is 11.1. The average molecular weight is 227 g/mol. The van der Waals surface area contributed by atoms with Crippen molar-refractivity contribution in [3.8, 4) is 0 Å². The summed E-state index contributed by atoms with van der Waals surface area (Å²) in [5.74, 6) is -0.108. The Hall–Kier alpha value is -0.570. The summed E-state index contributed by atoms with van der Waals surface area (Å²) in [5.41, 5.74) is 0.514. The fourth-order valence-electron chi connectivity index (χ4n) is 2.38. The summed E-state index contributed by atoms with van der Waals surface area (Å²) in [6, 6.07) is 0.651. The SMILES string of the molecule is COC(=O)CCN(C)C1CCC(C)(C)CC1. The third-order valence-corrected chi connectivity index (χ3v) is 3.83. The van der Waals surface area contributed by atoms with Crippen molar-refractivity contribution in [3.63, 3.8) is 0 Å². The first-order chi connectivity index (χ1) is 7.44. The van der Waals surface area contributed by atoms with E-state index in [1.54, 1.807) is 0 Å². The van der Waals surface area contributed by atoms with Crippen molar-refractivity contribution in [1.29, 1.82) is 0 Å². The van der Waals surface area contributed by atoms with Crippen molar-refractivity contribution in [2.75, 3.05) is 20.7 Å². The molecule has 16 heavy (non-hydrogen) atoms. The van der Waals surface area contributed by atoms with Crippen LogP contribution in [-0.4, -0.2) is 37.6 Å². The van der Waals surface area contributed by atoms with Gasteiger partial charge >= 0.3 is 5.97 Å². The van der Waals surface area contributed by atoms with Crippen molar-refractivity contribution in [2.24, 2.45) is 5.41 Å². The molecule has 0 aliphatic heterocycles.